The summed E-state index contributed by atoms with van der Waals surface area (Å²) in [5.74, 6) is 0.155. The summed E-state index contributed by atoms with van der Waals surface area (Å²) >= 11 is 0. The number of phosphoric ester groups is 2. The van der Waals surface area contributed by atoms with Crippen LogP contribution in [0, 0.1) is 17.8 Å². The van der Waals surface area contributed by atoms with Gasteiger partial charge < -0.3 is 33.8 Å². The SMILES string of the molecule is CCCCCCCCCCCCCCCC(=O)O[C@H](COC(=O)CCCCCCCCCC(C)C)COP(=O)(O)OC[C@H](O)COP(=O)(O)OC[C@@H](COC(=O)CCCCCCCCCCCCC(C)C)OC(=O)CCCCCCCCCCCCCCCCCCC(C)C. The molecular formula is C76H148O17P2. The molecule has 0 aromatic rings. The number of unbranched alkanes of at least 4 members (excludes halogenated alkanes) is 42. The number of esters is 4. The summed E-state index contributed by atoms with van der Waals surface area (Å²) in [7, 11) is -9.91. The molecule has 95 heavy (non-hydrogen) atoms. The van der Waals surface area contributed by atoms with E-state index in [-0.39, 0.29) is 25.7 Å². The fraction of sp³-hybridized carbons (Fsp3) is 0.947. The van der Waals surface area contributed by atoms with E-state index in [1.807, 2.05) is 0 Å². The second-order valence-electron chi connectivity index (χ2n) is 28.8. The second-order valence-corrected chi connectivity index (χ2v) is 31.7. The molecule has 19 heteroatoms. The van der Waals surface area contributed by atoms with Gasteiger partial charge in [-0.1, -0.05) is 337 Å². The summed E-state index contributed by atoms with van der Waals surface area (Å²) in [6.07, 6.45) is 52.8. The highest BCUT2D eigenvalue weighted by Gasteiger charge is 2.30. The standard InChI is InChI=1S/C76H148O17P2/c1-8-9-10-11-12-13-14-19-23-30-37-45-52-59-75(80)93-72(64-87-74(79)58-51-44-39-32-35-42-49-56-69(6)7)66-91-95(84,85)89-62-70(77)61-88-94(82,83)90-65-71(63-86-73(78)57-50-43-36-29-26-25-28-34-41-48-55-68(4)5)92-76(81)60-53-46-38-31-24-21-18-16-15-17-20-22-27-33-40-47-54-67(2)3/h67-72,77H,8-66H2,1-7H3,(H,82,83)(H,84,85)/t70-,71-,72-/m1/s1. The number of phosphoric acid groups is 2. The molecule has 0 heterocycles. The lowest BCUT2D eigenvalue weighted by atomic mass is 10.0. The number of aliphatic hydroxyl groups is 1. The van der Waals surface area contributed by atoms with Gasteiger partial charge >= 0.3 is 39.5 Å². The van der Waals surface area contributed by atoms with Crippen LogP contribution in [0.15, 0.2) is 0 Å². The number of carbonyl (C=O) groups excluding carboxylic acids is 4. The van der Waals surface area contributed by atoms with E-state index in [1.165, 1.54) is 193 Å². The molecule has 5 atom stereocenters. The van der Waals surface area contributed by atoms with Crippen LogP contribution in [-0.2, 0) is 65.4 Å². The van der Waals surface area contributed by atoms with Gasteiger partial charge in [-0.2, -0.15) is 0 Å². The van der Waals surface area contributed by atoms with Gasteiger partial charge in [0.1, 0.15) is 19.3 Å². The topological polar surface area (TPSA) is 237 Å². The van der Waals surface area contributed by atoms with Crippen LogP contribution < -0.4 is 0 Å². The van der Waals surface area contributed by atoms with Gasteiger partial charge in [0.15, 0.2) is 12.2 Å². The number of hydrogen-bond donors (Lipinski definition) is 3. The predicted octanol–water partition coefficient (Wildman–Crippen LogP) is 22.2. The largest absolute Gasteiger partial charge is 0.472 e. The third-order valence-electron chi connectivity index (χ3n) is 17.6. The molecule has 0 bridgehead atoms. The lowest BCUT2D eigenvalue weighted by molar-refractivity contribution is -0.161. The third kappa shape index (κ3) is 70.3. The smallest absolute Gasteiger partial charge is 0.462 e. The van der Waals surface area contributed by atoms with E-state index in [4.69, 9.17) is 37.0 Å². The molecule has 0 saturated heterocycles. The average Bonchev–Trinajstić information content (AvgIpc) is 3.52. The van der Waals surface area contributed by atoms with Gasteiger partial charge in [-0.15, -0.1) is 0 Å². The van der Waals surface area contributed by atoms with Crippen LogP contribution in [0.2, 0.25) is 0 Å². The van der Waals surface area contributed by atoms with E-state index in [9.17, 15) is 43.2 Å². The maximum absolute atomic E-state index is 13.1. The molecular weight excluding hydrogens is 1250 g/mol. The van der Waals surface area contributed by atoms with Gasteiger partial charge in [-0.05, 0) is 43.4 Å². The van der Waals surface area contributed by atoms with Crippen molar-refractivity contribution in [1.82, 2.24) is 0 Å². The molecule has 0 spiro atoms. The molecule has 17 nitrogen and oxygen atoms in total. The van der Waals surface area contributed by atoms with Crippen molar-refractivity contribution in [3.63, 3.8) is 0 Å². The van der Waals surface area contributed by atoms with Crippen LogP contribution in [-0.4, -0.2) is 96.7 Å². The lowest BCUT2D eigenvalue weighted by Crippen LogP contribution is -2.30. The number of aliphatic hydroxyl groups excluding tert-OH is 1. The number of hydrogen-bond acceptors (Lipinski definition) is 15. The van der Waals surface area contributed by atoms with Crippen LogP contribution in [0.1, 0.15) is 389 Å². The maximum Gasteiger partial charge on any atom is 0.472 e. The zero-order chi connectivity index (χ0) is 70.1. The Morgan fingerprint density at radius 1 is 0.284 bits per heavy atom. The van der Waals surface area contributed by atoms with E-state index >= 15 is 0 Å². The van der Waals surface area contributed by atoms with Crippen molar-refractivity contribution in [3.05, 3.63) is 0 Å². The quantitative estimate of drug-likeness (QED) is 0.0222. The first-order chi connectivity index (χ1) is 45.7. The Bertz CT molecular complexity index is 1850. The molecule has 0 aromatic carbocycles. The van der Waals surface area contributed by atoms with E-state index in [2.05, 4.69) is 48.5 Å². The summed E-state index contributed by atoms with van der Waals surface area (Å²) in [4.78, 5) is 72.8. The zero-order valence-electron chi connectivity index (χ0n) is 62.1. The van der Waals surface area contributed by atoms with Crippen molar-refractivity contribution < 1.29 is 80.2 Å². The first-order valence-corrected chi connectivity index (χ1v) is 42.3. The molecule has 0 fully saturated rings. The molecule has 0 aromatic heterocycles. The van der Waals surface area contributed by atoms with E-state index < -0.39 is 97.5 Å². The van der Waals surface area contributed by atoms with Gasteiger partial charge in [0, 0.05) is 25.7 Å². The minimum atomic E-state index is -4.96. The number of carbonyl (C=O) groups is 4. The lowest BCUT2D eigenvalue weighted by Gasteiger charge is -2.21. The maximum atomic E-state index is 13.1. The van der Waals surface area contributed by atoms with Crippen LogP contribution in [0.3, 0.4) is 0 Å². The summed E-state index contributed by atoms with van der Waals surface area (Å²) in [6.45, 7) is 11.9. The minimum absolute atomic E-state index is 0.107. The van der Waals surface area contributed by atoms with Crippen molar-refractivity contribution in [3.8, 4) is 0 Å². The first-order valence-electron chi connectivity index (χ1n) is 39.3. The van der Waals surface area contributed by atoms with Crippen LogP contribution in [0.5, 0.6) is 0 Å². The van der Waals surface area contributed by atoms with E-state index in [0.717, 1.165) is 108 Å². The van der Waals surface area contributed by atoms with Gasteiger partial charge in [0.2, 0.25) is 0 Å². The Hall–Kier alpha value is -1.94. The van der Waals surface area contributed by atoms with Crippen LogP contribution >= 0.6 is 15.6 Å². The zero-order valence-corrected chi connectivity index (χ0v) is 63.9. The average molecular weight is 1400 g/mol. The molecule has 3 N–H and O–H groups in total. The molecule has 0 amide bonds. The minimum Gasteiger partial charge on any atom is -0.462 e. The van der Waals surface area contributed by atoms with Gasteiger partial charge in [-0.3, -0.25) is 37.3 Å². The Balaban J connectivity index is 5.23. The fourth-order valence-corrected chi connectivity index (χ4v) is 13.2. The van der Waals surface area contributed by atoms with Gasteiger partial charge in [0.05, 0.1) is 26.4 Å². The monoisotopic (exact) mass is 1400 g/mol. The van der Waals surface area contributed by atoms with E-state index in [1.54, 1.807) is 0 Å². The predicted molar refractivity (Wildman–Crippen MR) is 386 cm³/mol. The van der Waals surface area contributed by atoms with Crippen molar-refractivity contribution in [2.45, 2.75) is 407 Å². The molecule has 2 unspecified atom stereocenters. The Kier molecular flexibility index (Phi) is 65.2. The summed E-state index contributed by atoms with van der Waals surface area (Å²) in [5.41, 5.74) is 0. The highest BCUT2D eigenvalue weighted by Crippen LogP contribution is 2.45. The van der Waals surface area contributed by atoms with E-state index in [0.29, 0.717) is 31.6 Å². The van der Waals surface area contributed by atoms with Gasteiger partial charge in [0.25, 0.3) is 0 Å². The molecule has 0 aliphatic heterocycles. The Labute approximate surface area is 581 Å². The number of ether oxygens (including phenoxy) is 4. The van der Waals surface area contributed by atoms with Crippen molar-refractivity contribution in [2.24, 2.45) is 17.8 Å². The normalized spacial score (nSPS) is 14.1. The molecule has 564 valence electrons. The summed E-state index contributed by atoms with van der Waals surface area (Å²) in [5, 5.41) is 10.6. The summed E-state index contributed by atoms with van der Waals surface area (Å²) < 4.78 is 68.5. The first kappa shape index (κ1) is 93.1. The molecule has 0 aliphatic rings. The number of rotatable bonds is 74. The summed E-state index contributed by atoms with van der Waals surface area (Å²) in [6, 6.07) is 0. The van der Waals surface area contributed by atoms with Crippen molar-refractivity contribution in [1.29, 1.82) is 0 Å². The fourth-order valence-electron chi connectivity index (χ4n) is 11.6. The van der Waals surface area contributed by atoms with Gasteiger partial charge in [-0.25, -0.2) is 9.13 Å². The molecule has 0 radical (unpaired) electrons. The van der Waals surface area contributed by atoms with Crippen LogP contribution in [0.25, 0.3) is 0 Å². The van der Waals surface area contributed by atoms with Crippen molar-refractivity contribution in [2.75, 3.05) is 39.6 Å². The van der Waals surface area contributed by atoms with Crippen LogP contribution in [0.4, 0.5) is 0 Å². The molecule has 0 saturated carbocycles. The van der Waals surface area contributed by atoms with Crippen molar-refractivity contribution >= 4 is 39.5 Å². The molecule has 0 aliphatic carbocycles. The highest BCUT2D eigenvalue weighted by molar-refractivity contribution is 7.47. The third-order valence-corrected chi connectivity index (χ3v) is 19.5. The highest BCUT2D eigenvalue weighted by atomic mass is 31.2. The molecule has 0 rings (SSSR count). The Morgan fingerprint density at radius 3 is 0.716 bits per heavy atom. The Morgan fingerprint density at radius 2 is 0.484 bits per heavy atom. The second kappa shape index (κ2) is 66.6.